The number of amides is 1. The van der Waals surface area contributed by atoms with Crippen molar-refractivity contribution in [2.24, 2.45) is 0 Å². The maximum absolute atomic E-state index is 11.7. The number of likely N-dealkylation sites (tertiary alicyclic amines) is 1. The maximum Gasteiger partial charge on any atom is 0.223 e. The number of hydrogen-bond donors (Lipinski definition) is 1. The van der Waals surface area contributed by atoms with Crippen molar-refractivity contribution in [3.05, 3.63) is 41.8 Å². The van der Waals surface area contributed by atoms with Gasteiger partial charge in [0.15, 0.2) is 0 Å². The fraction of sp³-hybridized carbons (Fsp3) is 0.316. The van der Waals surface area contributed by atoms with Crippen LogP contribution in [0.2, 0.25) is 0 Å². The predicted octanol–water partition coefficient (Wildman–Crippen LogP) is 3.00. The zero-order valence-electron chi connectivity index (χ0n) is 15.1. The number of hydrogen-bond acceptors (Lipinski definition) is 7. The van der Waals surface area contributed by atoms with E-state index in [0.29, 0.717) is 25.5 Å². The molecule has 0 atom stereocenters. The summed E-state index contributed by atoms with van der Waals surface area (Å²) in [5.41, 5.74) is 2.43. The van der Waals surface area contributed by atoms with E-state index in [4.69, 9.17) is 4.98 Å². The van der Waals surface area contributed by atoms with E-state index in [1.807, 2.05) is 4.90 Å². The third-order valence-electron chi connectivity index (χ3n) is 4.44. The number of aromatic nitrogens is 4. The molecule has 8 heteroatoms. The lowest BCUT2D eigenvalue weighted by atomic mass is 10.1. The number of anilines is 1. The van der Waals surface area contributed by atoms with Crippen molar-refractivity contribution >= 4 is 23.2 Å². The van der Waals surface area contributed by atoms with Gasteiger partial charge in [0.2, 0.25) is 11.9 Å². The van der Waals surface area contributed by atoms with Gasteiger partial charge in [0.1, 0.15) is 0 Å². The summed E-state index contributed by atoms with van der Waals surface area (Å²) in [5.74, 6) is 0.779. The van der Waals surface area contributed by atoms with Crippen LogP contribution in [0, 0.1) is 6.92 Å². The summed E-state index contributed by atoms with van der Waals surface area (Å²) in [4.78, 5) is 33.6. The van der Waals surface area contributed by atoms with E-state index in [9.17, 15) is 4.79 Å². The van der Waals surface area contributed by atoms with Crippen LogP contribution in [0.1, 0.15) is 17.7 Å². The van der Waals surface area contributed by atoms with Crippen LogP contribution in [0.5, 0.6) is 0 Å². The van der Waals surface area contributed by atoms with E-state index in [-0.39, 0.29) is 5.91 Å². The van der Waals surface area contributed by atoms with Crippen molar-refractivity contribution in [3.8, 4) is 21.8 Å². The highest BCUT2D eigenvalue weighted by Gasteiger charge is 2.19. The second-order valence-electron chi connectivity index (χ2n) is 6.37. The Bertz CT molecular complexity index is 942. The van der Waals surface area contributed by atoms with Crippen LogP contribution in [0.15, 0.2) is 36.9 Å². The summed E-state index contributed by atoms with van der Waals surface area (Å²) in [6.45, 7) is 4.21. The summed E-state index contributed by atoms with van der Waals surface area (Å²) < 4.78 is 0. The molecule has 4 rings (SSSR count). The van der Waals surface area contributed by atoms with Crippen LogP contribution in [-0.2, 0) is 4.79 Å². The monoisotopic (exact) mass is 380 g/mol. The molecule has 0 aliphatic carbocycles. The molecule has 3 aromatic heterocycles. The normalized spacial score (nSPS) is 14.0. The standard InChI is InChI=1S/C19H20N6OS/c1-13-4-5-16(27-13)18-14(15-12-20-6-7-21-15)11-23-19(24-18)22-8-10-25-9-2-3-17(25)26/h4-7,11-12H,2-3,8-10H2,1H3,(H,22,23,24). The fourth-order valence-electron chi connectivity index (χ4n) is 3.09. The first-order valence-electron chi connectivity index (χ1n) is 8.92. The zero-order valence-corrected chi connectivity index (χ0v) is 15.9. The van der Waals surface area contributed by atoms with Crippen LogP contribution in [-0.4, -0.2) is 50.4 Å². The van der Waals surface area contributed by atoms with Gasteiger partial charge in [-0.1, -0.05) is 0 Å². The third-order valence-corrected chi connectivity index (χ3v) is 5.45. The number of nitrogens with zero attached hydrogens (tertiary/aromatic N) is 5. The number of aryl methyl sites for hydroxylation is 1. The zero-order chi connectivity index (χ0) is 18.6. The van der Waals surface area contributed by atoms with Crippen molar-refractivity contribution in [1.82, 2.24) is 24.8 Å². The molecule has 4 heterocycles. The largest absolute Gasteiger partial charge is 0.352 e. The van der Waals surface area contributed by atoms with Crippen LogP contribution in [0.4, 0.5) is 5.95 Å². The molecule has 7 nitrogen and oxygen atoms in total. The van der Waals surface area contributed by atoms with E-state index in [0.717, 1.165) is 34.8 Å². The minimum absolute atomic E-state index is 0.227. The Morgan fingerprint density at radius 3 is 2.85 bits per heavy atom. The number of nitrogens with one attached hydrogen (secondary N) is 1. The predicted molar refractivity (Wildman–Crippen MR) is 105 cm³/mol. The molecule has 27 heavy (non-hydrogen) atoms. The van der Waals surface area contributed by atoms with Crippen molar-refractivity contribution in [2.45, 2.75) is 19.8 Å². The summed E-state index contributed by atoms with van der Waals surface area (Å²) in [6.07, 6.45) is 8.42. The quantitative estimate of drug-likeness (QED) is 0.708. The van der Waals surface area contributed by atoms with Crippen molar-refractivity contribution < 1.29 is 4.79 Å². The minimum atomic E-state index is 0.227. The van der Waals surface area contributed by atoms with Crippen molar-refractivity contribution in [3.63, 3.8) is 0 Å². The average Bonchev–Trinajstić information content (AvgIpc) is 3.31. The Hall–Kier alpha value is -2.87. The van der Waals surface area contributed by atoms with Gasteiger partial charge < -0.3 is 10.2 Å². The first-order valence-corrected chi connectivity index (χ1v) is 9.74. The molecule has 0 bridgehead atoms. The van der Waals surface area contributed by atoms with Gasteiger partial charge >= 0.3 is 0 Å². The molecule has 1 aliphatic heterocycles. The second kappa shape index (κ2) is 7.79. The molecule has 3 aromatic rings. The summed E-state index contributed by atoms with van der Waals surface area (Å²) in [6, 6.07) is 4.14. The molecule has 0 radical (unpaired) electrons. The lowest BCUT2D eigenvalue weighted by Gasteiger charge is -2.16. The Morgan fingerprint density at radius 1 is 1.22 bits per heavy atom. The average molecular weight is 380 g/mol. The Morgan fingerprint density at radius 2 is 2.15 bits per heavy atom. The lowest BCUT2D eigenvalue weighted by molar-refractivity contribution is -0.127. The first kappa shape index (κ1) is 17.5. The maximum atomic E-state index is 11.7. The van der Waals surface area contributed by atoms with Gasteiger partial charge in [0.25, 0.3) is 0 Å². The molecule has 0 saturated carbocycles. The van der Waals surface area contributed by atoms with Gasteiger partial charge in [-0.05, 0) is 25.5 Å². The van der Waals surface area contributed by atoms with Crippen LogP contribution in [0.3, 0.4) is 0 Å². The Labute approximate surface area is 161 Å². The highest BCUT2D eigenvalue weighted by Crippen LogP contribution is 2.33. The van der Waals surface area contributed by atoms with Gasteiger partial charge in [-0.3, -0.25) is 14.8 Å². The van der Waals surface area contributed by atoms with Gasteiger partial charge in [0.05, 0.1) is 22.5 Å². The van der Waals surface area contributed by atoms with Gasteiger partial charge in [-0.2, -0.15) is 0 Å². The molecule has 1 N–H and O–H groups in total. The second-order valence-corrected chi connectivity index (χ2v) is 7.66. The number of carbonyl (C=O) groups excluding carboxylic acids is 1. The summed E-state index contributed by atoms with van der Waals surface area (Å²) in [7, 11) is 0. The van der Waals surface area contributed by atoms with E-state index in [1.165, 1.54) is 4.88 Å². The van der Waals surface area contributed by atoms with Crippen LogP contribution >= 0.6 is 11.3 Å². The van der Waals surface area contributed by atoms with E-state index >= 15 is 0 Å². The first-order chi connectivity index (χ1) is 13.2. The van der Waals surface area contributed by atoms with E-state index in [2.05, 4.69) is 39.3 Å². The summed E-state index contributed by atoms with van der Waals surface area (Å²) >= 11 is 1.68. The number of thiophene rings is 1. The molecule has 0 aromatic carbocycles. The third kappa shape index (κ3) is 3.95. The molecule has 1 fully saturated rings. The highest BCUT2D eigenvalue weighted by atomic mass is 32.1. The van der Waals surface area contributed by atoms with Gasteiger partial charge in [0, 0.05) is 55.1 Å². The molecule has 138 valence electrons. The molecule has 1 saturated heterocycles. The molecular formula is C19H20N6OS. The smallest absolute Gasteiger partial charge is 0.223 e. The lowest BCUT2D eigenvalue weighted by Crippen LogP contribution is -2.30. The Kier molecular flexibility index (Phi) is 5.06. The summed E-state index contributed by atoms with van der Waals surface area (Å²) in [5, 5.41) is 3.24. The Balaban J connectivity index is 1.58. The van der Waals surface area contributed by atoms with Crippen molar-refractivity contribution in [1.29, 1.82) is 0 Å². The minimum Gasteiger partial charge on any atom is -0.352 e. The molecule has 0 spiro atoms. The van der Waals surface area contributed by atoms with E-state index < -0.39 is 0 Å². The van der Waals surface area contributed by atoms with Crippen molar-refractivity contribution in [2.75, 3.05) is 25.0 Å². The van der Waals surface area contributed by atoms with Gasteiger partial charge in [-0.25, -0.2) is 9.97 Å². The molecule has 0 unspecified atom stereocenters. The molecule has 1 aliphatic rings. The topological polar surface area (TPSA) is 83.9 Å². The highest BCUT2D eigenvalue weighted by molar-refractivity contribution is 7.15. The van der Waals surface area contributed by atoms with Gasteiger partial charge in [-0.15, -0.1) is 11.3 Å². The SMILES string of the molecule is Cc1ccc(-c2nc(NCCN3CCCC3=O)ncc2-c2cnccn2)s1. The van der Waals surface area contributed by atoms with Crippen LogP contribution in [0.25, 0.3) is 21.8 Å². The van der Waals surface area contributed by atoms with E-state index in [1.54, 1.807) is 36.1 Å². The molecular weight excluding hydrogens is 360 g/mol. The fourth-order valence-corrected chi connectivity index (χ4v) is 3.96. The van der Waals surface area contributed by atoms with Crippen LogP contribution < -0.4 is 5.32 Å². The molecule has 1 amide bonds. The number of carbonyl (C=O) groups is 1. The number of rotatable bonds is 6.